The summed E-state index contributed by atoms with van der Waals surface area (Å²) in [4.78, 5) is 24.6. The number of fused-ring (bicyclic) bond motifs is 6. The lowest BCUT2D eigenvalue weighted by atomic mass is 9.46. The van der Waals surface area contributed by atoms with Gasteiger partial charge in [-0.3, -0.25) is 9.59 Å². The molecule has 33 heavy (non-hydrogen) atoms. The SMILES string of the molecule is CC(C)(C)OCCCC1=CC2=CC(=O)CCC2(C)C2CCC3(C)C(CC[C@@]34CCC(=O)O4)C12. The van der Waals surface area contributed by atoms with Crippen LogP contribution in [0.2, 0.25) is 0 Å². The second kappa shape index (κ2) is 7.80. The minimum absolute atomic E-state index is 0.000659. The molecule has 0 radical (unpaired) electrons. The van der Waals surface area contributed by atoms with Crippen molar-refractivity contribution in [2.24, 2.45) is 28.6 Å². The van der Waals surface area contributed by atoms with E-state index in [1.54, 1.807) is 0 Å². The van der Waals surface area contributed by atoms with Gasteiger partial charge in [-0.15, -0.1) is 0 Å². The zero-order chi connectivity index (χ0) is 23.6. The molecule has 4 heteroatoms. The molecule has 5 rings (SSSR count). The van der Waals surface area contributed by atoms with Crippen LogP contribution in [0.4, 0.5) is 0 Å². The topological polar surface area (TPSA) is 52.6 Å². The molecule has 5 aliphatic rings. The lowest BCUT2D eigenvalue weighted by Crippen LogP contribution is -2.54. The van der Waals surface area contributed by atoms with Gasteiger partial charge in [0.25, 0.3) is 0 Å². The molecule has 1 spiro atoms. The predicted molar refractivity (Wildman–Crippen MR) is 129 cm³/mol. The fourth-order valence-corrected chi connectivity index (χ4v) is 8.40. The molecule has 1 aliphatic heterocycles. The monoisotopic (exact) mass is 454 g/mol. The number of ketones is 1. The molecule has 0 aromatic rings. The Balaban J connectivity index is 1.48. The third-order valence-corrected chi connectivity index (χ3v) is 10.2. The van der Waals surface area contributed by atoms with Crippen molar-refractivity contribution in [3.8, 4) is 0 Å². The molecule has 0 aromatic carbocycles. The molecule has 1 saturated heterocycles. The maximum atomic E-state index is 12.4. The molecule has 182 valence electrons. The first kappa shape index (κ1) is 23.3. The largest absolute Gasteiger partial charge is 0.458 e. The summed E-state index contributed by atoms with van der Waals surface area (Å²) in [5, 5.41) is 0. The highest BCUT2D eigenvalue weighted by molar-refractivity contribution is 5.92. The predicted octanol–water partition coefficient (Wildman–Crippen LogP) is 6.34. The van der Waals surface area contributed by atoms with Crippen LogP contribution in [-0.2, 0) is 19.1 Å². The lowest BCUT2D eigenvalue weighted by molar-refractivity contribution is -0.165. The number of allylic oxidation sites excluding steroid dienone is 4. The molecule has 5 unspecified atom stereocenters. The molecule has 1 heterocycles. The van der Waals surface area contributed by atoms with Crippen molar-refractivity contribution in [1.82, 2.24) is 0 Å². The summed E-state index contributed by atoms with van der Waals surface area (Å²) < 4.78 is 12.2. The van der Waals surface area contributed by atoms with E-state index in [4.69, 9.17) is 9.47 Å². The van der Waals surface area contributed by atoms with E-state index in [0.717, 1.165) is 58.0 Å². The normalized spacial score (nSPS) is 42.4. The van der Waals surface area contributed by atoms with Crippen LogP contribution >= 0.6 is 0 Å². The summed E-state index contributed by atoms with van der Waals surface area (Å²) in [5.74, 6) is 1.93. The molecular formula is C29H42O4. The van der Waals surface area contributed by atoms with E-state index in [1.807, 2.05) is 6.08 Å². The van der Waals surface area contributed by atoms with E-state index in [-0.39, 0.29) is 33.8 Å². The van der Waals surface area contributed by atoms with Crippen molar-refractivity contribution in [3.63, 3.8) is 0 Å². The van der Waals surface area contributed by atoms with E-state index in [0.29, 0.717) is 30.6 Å². The molecule has 0 N–H and O–H groups in total. The number of esters is 1. The third-order valence-electron chi connectivity index (χ3n) is 10.2. The van der Waals surface area contributed by atoms with E-state index >= 15 is 0 Å². The first-order chi connectivity index (χ1) is 15.5. The Hall–Kier alpha value is -1.42. The number of carbonyl (C=O) groups excluding carboxylic acids is 2. The number of rotatable bonds is 4. The smallest absolute Gasteiger partial charge is 0.306 e. The molecular weight excluding hydrogens is 412 g/mol. The quantitative estimate of drug-likeness (QED) is 0.368. The Morgan fingerprint density at radius 3 is 2.45 bits per heavy atom. The second-order valence-corrected chi connectivity index (χ2v) is 13.0. The van der Waals surface area contributed by atoms with Crippen LogP contribution in [0.25, 0.3) is 0 Å². The van der Waals surface area contributed by atoms with Crippen molar-refractivity contribution in [2.45, 2.75) is 110 Å². The summed E-state index contributed by atoms with van der Waals surface area (Å²) >= 11 is 0. The van der Waals surface area contributed by atoms with Gasteiger partial charge >= 0.3 is 5.97 Å². The average Bonchev–Trinajstić information content (AvgIpc) is 3.26. The van der Waals surface area contributed by atoms with E-state index < -0.39 is 0 Å². The van der Waals surface area contributed by atoms with Gasteiger partial charge in [-0.2, -0.15) is 0 Å². The third kappa shape index (κ3) is 3.66. The summed E-state index contributed by atoms with van der Waals surface area (Å²) in [6.45, 7) is 11.9. The van der Waals surface area contributed by atoms with Crippen molar-refractivity contribution >= 4 is 11.8 Å². The van der Waals surface area contributed by atoms with Crippen LogP contribution in [0.3, 0.4) is 0 Å². The van der Waals surface area contributed by atoms with Gasteiger partial charge in [0.15, 0.2) is 5.78 Å². The molecule has 4 nitrogen and oxygen atoms in total. The highest BCUT2D eigenvalue weighted by atomic mass is 16.6. The van der Waals surface area contributed by atoms with Crippen LogP contribution in [0.5, 0.6) is 0 Å². The van der Waals surface area contributed by atoms with Gasteiger partial charge in [-0.1, -0.05) is 25.5 Å². The van der Waals surface area contributed by atoms with Gasteiger partial charge in [0.05, 0.1) is 5.60 Å². The molecule has 0 bridgehead atoms. The second-order valence-electron chi connectivity index (χ2n) is 13.0. The maximum absolute atomic E-state index is 12.4. The van der Waals surface area contributed by atoms with Gasteiger partial charge in [-0.25, -0.2) is 0 Å². The fourth-order valence-electron chi connectivity index (χ4n) is 8.40. The van der Waals surface area contributed by atoms with Crippen LogP contribution in [0.15, 0.2) is 23.3 Å². The average molecular weight is 455 g/mol. The highest BCUT2D eigenvalue weighted by Crippen LogP contribution is 2.70. The highest BCUT2D eigenvalue weighted by Gasteiger charge is 2.67. The summed E-state index contributed by atoms with van der Waals surface area (Å²) in [7, 11) is 0. The molecule has 0 aromatic heterocycles. The Bertz CT molecular complexity index is 907. The zero-order valence-electron chi connectivity index (χ0n) is 21.3. The van der Waals surface area contributed by atoms with Gasteiger partial charge in [0.1, 0.15) is 5.60 Å². The van der Waals surface area contributed by atoms with Gasteiger partial charge in [-0.05, 0) is 107 Å². The van der Waals surface area contributed by atoms with Crippen LogP contribution in [0.1, 0.15) is 98.8 Å². The van der Waals surface area contributed by atoms with Crippen LogP contribution in [0, 0.1) is 28.6 Å². The van der Waals surface area contributed by atoms with Gasteiger partial charge in [0.2, 0.25) is 0 Å². The van der Waals surface area contributed by atoms with Crippen molar-refractivity contribution in [3.05, 3.63) is 23.3 Å². The molecule has 4 aliphatic carbocycles. The Kier molecular flexibility index (Phi) is 5.51. The number of ether oxygens (including phenoxy) is 2. The standard InChI is InChI=1S/C29H42O4/c1-26(2,3)32-16-6-7-19-17-20-18-21(30)8-12-27(20,4)22-9-13-28(5)23(25(19)22)10-14-29(28)15-11-24(31)33-29/h17-18,22-23,25H,6-16H2,1-5H3/t22?,23?,25?,27?,28?,29-/m1/s1. The van der Waals surface area contributed by atoms with Crippen LogP contribution < -0.4 is 0 Å². The van der Waals surface area contributed by atoms with Crippen molar-refractivity contribution in [1.29, 1.82) is 0 Å². The summed E-state index contributed by atoms with van der Waals surface area (Å²) in [6.07, 6.45) is 14.0. The minimum Gasteiger partial charge on any atom is -0.458 e. The van der Waals surface area contributed by atoms with E-state index in [1.165, 1.54) is 11.1 Å². The molecule has 0 amide bonds. The molecule has 6 atom stereocenters. The van der Waals surface area contributed by atoms with Crippen molar-refractivity contribution < 1.29 is 19.1 Å². The Morgan fingerprint density at radius 1 is 1.00 bits per heavy atom. The summed E-state index contributed by atoms with van der Waals surface area (Å²) in [6, 6.07) is 0. The summed E-state index contributed by atoms with van der Waals surface area (Å²) in [5.41, 5.74) is 2.58. The van der Waals surface area contributed by atoms with Gasteiger partial charge < -0.3 is 9.47 Å². The Morgan fingerprint density at radius 2 is 1.76 bits per heavy atom. The maximum Gasteiger partial charge on any atom is 0.306 e. The minimum atomic E-state index is -0.250. The van der Waals surface area contributed by atoms with Crippen molar-refractivity contribution in [2.75, 3.05) is 6.61 Å². The lowest BCUT2D eigenvalue weighted by Gasteiger charge is -2.58. The fraction of sp³-hybridized carbons (Fsp3) is 0.793. The number of hydrogen-bond donors (Lipinski definition) is 0. The van der Waals surface area contributed by atoms with E-state index in [2.05, 4.69) is 40.7 Å². The van der Waals surface area contributed by atoms with Gasteiger partial charge in [0, 0.05) is 24.9 Å². The molecule has 3 fully saturated rings. The zero-order valence-corrected chi connectivity index (χ0v) is 21.3. The van der Waals surface area contributed by atoms with E-state index in [9.17, 15) is 9.59 Å². The molecule has 2 saturated carbocycles. The number of hydrogen-bond acceptors (Lipinski definition) is 4. The number of carbonyl (C=O) groups is 2. The van der Waals surface area contributed by atoms with Crippen LogP contribution in [-0.4, -0.2) is 29.6 Å². The first-order valence-electron chi connectivity index (χ1n) is 13.3. The first-order valence-corrected chi connectivity index (χ1v) is 13.3. The Labute approximate surface area is 199 Å².